The van der Waals surface area contributed by atoms with Gasteiger partial charge in [-0.3, -0.25) is 25.2 Å². The first-order valence-electron chi connectivity index (χ1n) is 7.26. The van der Waals surface area contributed by atoms with Crippen molar-refractivity contribution in [1.29, 1.82) is 0 Å². The predicted molar refractivity (Wildman–Crippen MR) is 84.6 cm³/mol. The van der Waals surface area contributed by atoms with Crippen molar-refractivity contribution in [2.75, 3.05) is 6.61 Å². The van der Waals surface area contributed by atoms with Gasteiger partial charge in [0.15, 0.2) is 0 Å². The summed E-state index contributed by atoms with van der Waals surface area (Å²) >= 11 is 0. The van der Waals surface area contributed by atoms with E-state index in [2.05, 4.69) is 20.6 Å². The van der Waals surface area contributed by atoms with Crippen LogP contribution in [-0.4, -0.2) is 29.4 Å². The molecule has 1 aromatic carbocycles. The summed E-state index contributed by atoms with van der Waals surface area (Å²) in [7, 11) is 0. The summed E-state index contributed by atoms with van der Waals surface area (Å²) in [5, 5.41) is 0.952. The quantitative estimate of drug-likeness (QED) is 0.452. The van der Waals surface area contributed by atoms with Crippen LogP contribution in [0.4, 0.5) is 0 Å². The zero-order chi connectivity index (χ0) is 17.0. The van der Waals surface area contributed by atoms with Gasteiger partial charge in [0.2, 0.25) is 5.91 Å². The minimum absolute atomic E-state index is 0.201. The number of aromatic amines is 1. The number of ether oxygens (including phenoxy) is 1. The topological polar surface area (TPSA) is 100 Å². The van der Waals surface area contributed by atoms with Gasteiger partial charge in [0, 0.05) is 10.9 Å². The molecule has 0 radical (unpaired) electrons. The summed E-state index contributed by atoms with van der Waals surface area (Å²) in [6.07, 6.45) is -0.445. The highest BCUT2D eigenvalue weighted by Crippen LogP contribution is 2.22. The Hall–Kier alpha value is -2.83. The zero-order valence-corrected chi connectivity index (χ0v) is 13.3. The van der Waals surface area contributed by atoms with Gasteiger partial charge in [0.1, 0.15) is 12.1 Å². The lowest BCUT2D eigenvalue weighted by molar-refractivity contribution is -0.146. The molecular weight excluding hydrogens is 298 g/mol. The number of H-pyrrole nitrogens is 1. The van der Waals surface area contributed by atoms with Crippen molar-refractivity contribution in [3.63, 3.8) is 0 Å². The number of carbonyl (C=O) groups is 3. The number of nitrogens with one attached hydrogen (secondary N) is 3. The van der Waals surface area contributed by atoms with Crippen LogP contribution >= 0.6 is 0 Å². The SMILES string of the molecule is CCOC(=O)CC(=O)NNC(=O)c1[nH]c2ccc(C)cc2c1C. The molecule has 0 saturated carbocycles. The van der Waals surface area contributed by atoms with Crippen LogP contribution in [0.2, 0.25) is 0 Å². The first-order chi connectivity index (χ1) is 10.9. The molecule has 0 aliphatic heterocycles. The minimum Gasteiger partial charge on any atom is -0.466 e. The number of hydrogen-bond acceptors (Lipinski definition) is 4. The van der Waals surface area contributed by atoms with Crippen LogP contribution in [0.1, 0.15) is 35.0 Å². The maximum atomic E-state index is 12.2. The highest BCUT2D eigenvalue weighted by molar-refractivity contribution is 6.02. The van der Waals surface area contributed by atoms with Gasteiger partial charge in [0.05, 0.1) is 6.61 Å². The average Bonchev–Trinajstić information content (AvgIpc) is 2.82. The Labute approximate surface area is 133 Å². The van der Waals surface area contributed by atoms with Crippen molar-refractivity contribution in [3.8, 4) is 0 Å². The number of fused-ring (bicyclic) bond motifs is 1. The normalized spacial score (nSPS) is 10.4. The van der Waals surface area contributed by atoms with E-state index in [-0.39, 0.29) is 6.61 Å². The Kier molecular flexibility index (Phi) is 5.00. The Balaban J connectivity index is 2.02. The fourth-order valence-electron chi connectivity index (χ4n) is 2.24. The molecule has 0 atom stereocenters. The maximum Gasteiger partial charge on any atom is 0.315 e. The monoisotopic (exact) mass is 317 g/mol. The lowest BCUT2D eigenvalue weighted by Crippen LogP contribution is -2.42. The van der Waals surface area contributed by atoms with Crippen LogP contribution in [0.3, 0.4) is 0 Å². The van der Waals surface area contributed by atoms with E-state index in [4.69, 9.17) is 0 Å². The fourth-order valence-corrected chi connectivity index (χ4v) is 2.24. The Morgan fingerprint density at radius 2 is 1.91 bits per heavy atom. The number of hydrogen-bond donors (Lipinski definition) is 3. The summed E-state index contributed by atoms with van der Waals surface area (Å²) in [5.41, 5.74) is 7.57. The van der Waals surface area contributed by atoms with Gasteiger partial charge in [-0.25, -0.2) is 0 Å². The molecule has 1 heterocycles. The van der Waals surface area contributed by atoms with E-state index in [1.165, 1.54) is 0 Å². The lowest BCUT2D eigenvalue weighted by Gasteiger charge is -2.06. The molecular formula is C16H19N3O4. The number of esters is 1. The second-order valence-electron chi connectivity index (χ2n) is 5.16. The zero-order valence-electron chi connectivity index (χ0n) is 13.3. The molecule has 0 aliphatic carbocycles. The Morgan fingerprint density at radius 3 is 2.61 bits per heavy atom. The van der Waals surface area contributed by atoms with Crippen LogP contribution < -0.4 is 10.9 Å². The number of aromatic nitrogens is 1. The van der Waals surface area contributed by atoms with Crippen LogP contribution in [0.5, 0.6) is 0 Å². The van der Waals surface area contributed by atoms with Gasteiger partial charge < -0.3 is 9.72 Å². The Bertz CT molecular complexity index is 764. The molecule has 23 heavy (non-hydrogen) atoms. The van der Waals surface area contributed by atoms with E-state index in [1.54, 1.807) is 6.92 Å². The number of hydrazine groups is 1. The van der Waals surface area contributed by atoms with Crippen molar-refractivity contribution in [1.82, 2.24) is 15.8 Å². The molecule has 7 heteroatoms. The molecule has 7 nitrogen and oxygen atoms in total. The van der Waals surface area contributed by atoms with E-state index in [0.29, 0.717) is 5.69 Å². The van der Waals surface area contributed by atoms with Crippen LogP contribution in [0.25, 0.3) is 10.9 Å². The summed E-state index contributed by atoms with van der Waals surface area (Å²) in [4.78, 5) is 37.9. The standard InChI is InChI=1S/C16H19N3O4/c1-4-23-14(21)8-13(20)18-19-16(22)15-10(3)11-7-9(2)5-6-12(11)17-15/h5-7,17H,4,8H2,1-3H3,(H,18,20)(H,19,22). The molecule has 0 unspecified atom stereocenters. The first kappa shape index (κ1) is 16.5. The molecule has 0 bridgehead atoms. The van der Waals surface area contributed by atoms with Crippen LogP contribution in [0.15, 0.2) is 18.2 Å². The summed E-state index contributed by atoms with van der Waals surface area (Å²) in [6, 6.07) is 5.83. The van der Waals surface area contributed by atoms with Gasteiger partial charge in [-0.15, -0.1) is 0 Å². The first-order valence-corrected chi connectivity index (χ1v) is 7.26. The third kappa shape index (κ3) is 3.88. The highest BCUT2D eigenvalue weighted by Gasteiger charge is 2.16. The number of rotatable bonds is 4. The summed E-state index contributed by atoms with van der Waals surface area (Å²) in [5.74, 6) is -1.76. The molecule has 2 aromatic rings. The third-order valence-electron chi connectivity index (χ3n) is 3.37. The molecule has 122 valence electrons. The molecule has 2 amide bonds. The van der Waals surface area contributed by atoms with E-state index in [9.17, 15) is 14.4 Å². The molecule has 1 aromatic heterocycles. The number of amides is 2. The van der Waals surface area contributed by atoms with Crippen LogP contribution in [0, 0.1) is 13.8 Å². The largest absolute Gasteiger partial charge is 0.466 e. The van der Waals surface area contributed by atoms with Gasteiger partial charge in [-0.2, -0.15) is 0 Å². The molecule has 0 fully saturated rings. The van der Waals surface area contributed by atoms with Crippen molar-refractivity contribution in [2.24, 2.45) is 0 Å². The second-order valence-corrected chi connectivity index (χ2v) is 5.16. The summed E-state index contributed by atoms with van der Waals surface area (Å²) < 4.78 is 4.66. The molecule has 2 rings (SSSR count). The maximum absolute atomic E-state index is 12.2. The van der Waals surface area contributed by atoms with Crippen molar-refractivity contribution in [2.45, 2.75) is 27.2 Å². The minimum atomic E-state index is -0.642. The van der Waals surface area contributed by atoms with Crippen molar-refractivity contribution in [3.05, 3.63) is 35.0 Å². The van der Waals surface area contributed by atoms with Gasteiger partial charge in [-0.05, 0) is 38.5 Å². The van der Waals surface area contributed by atoms with Crippen molar-refractivity contribution < 1.29 is 19.1 Å². The fraction of sp³-hybridized carbons (Fsp3) is 0.312. The average molecular weight is 317 g/mol. The third-order valence-corrected chi connectivity index (χ3v) is 3.37. The predicted octanol–water partition coefficient (Wildman–Crippen LogP) is 1.50. The van der Waals surface area contributed by atoms with Gasteiger partial charge in [0.25, 0.3) is 5.91 Å². The van der Waals surface area contributed by atoms with E-state index < -0.39 is 24.2 Å². The summed E-state index contributed by atoms with van der Waals surface area (Å²) in [6.45, 7) is 5.65. The number of carbonyl (C=O) groups excluding carboxylic acids is 3. The molecule has 0 aliphatic rings. The Morgan fingerprint density at radius 1 is 1.17 bits per heavy atom. The van der Waals surface area contributed by atoms with Crippen LogP contribution in [-0.2, 0) is 14.3 Å². The highest BCUT2D eigenvalue weighted by atomic mass is 16.5. The van der Waals surface area contributed by atoms with E-state index in [0.717, 1.165) is 22.0 Å². The van der Waals surface area contributed by atoms with Gasteiger partial charge >= 0.3 is 5.97 Å². The number of benzene rings is 1. The van der Waals surface area contributed by atoms with E-state index >= 15 is 0 Å². The van der Waals surface area contributed by atoms with E-state index in [1.807, 2.05) is 32.0 Å². The number of aryl methyl sites for hydroxylation is 2. The molecule has 0 saturated heterocycles. The van der Waals surface area contributed by atoms with Gasteiger partial charge in [-0.1, -0.05) is 11.6 Å². The molecule has 0 spiro atoms. The lowest BCUT2D eigenvalue weighted by atomic mass is 10.1. The van der Waals surface area contributed by atoms with Crippen molar-refractivity contribution >= 4 is 28.7 Å². The smallest absolute Gasteiger partial charge is 0.315 e. The molecule has 3 N–H and O–H groups in total. The second kappa shape index (κ2) is 6.95.